The molecule has 2 atom stereocenters. The average molecular weight is 391 g/mol. The molecule has 5 heteroatoms. The summed E-state index contributed by atoms with van der Waals surface area (Å²) < 4.78 is 6.03. The number of rotatable bonds is 8. The third kappa shape index (κ3) is 5.82. The van der Waals surface area contributed by atoms with Gasteiger partial charge in [0.25, 0.3) is 0 Å². The molecule has 0 saturated carbocycles. The van der Waals surface area contributed by atoms with E-state index < -0.39 is 0 Å². The summed E-state index contributed by atoms with van der Waals surface area (Å²) in [6, 6.07) is 12.2. The van der Waals surface area contributed by atoms with Crippen LogP contribution in [0.5, 0.6) is 0 Å². The Labute approximate surface area is 167 Å². The summed E-state index contributed by atoms with van der Waals surface area (Å²) in [5.74, 6) is 2.40. The molecule has 1 aliphatic rings. The van der Waals surface area contributed by atoms with Crippen LogP contribution in [0.15, 0.2) is 40.8 Å². The number of aliphatic hydroxyl groups excluding tert-OH is 1. The predicted molar refractivity (Wildman–Crippen MR) is 111 cm³/mol. The maximum Gasteiger partial charge on any atom is 0.134 e. The second kappa shape index (κ2) is 9.74. The molecule has 0 bridgehead atoms. The molecule has 4 nitrogen and oxygen atoms in total. The number of hydrogen-bond acceptors (Lipinski definition) is 4. The fourth-order valence-corrected chi connectivity index (χ4v) is 3.71. The van der Waals surface area contributed by atoms with Crippen LogP contribution in [0.2, 0.25) is 5.02 Å². The number of nitrogens with zero attached hydrogens (tertiary/aromatic N) is 1. The Morgan fingerprint density at radius 2 is 1.89 bits per heavy atom. The van der Waals surface area contributed by atoms with Crippen molar-refractivity contribution in [3.8, 4) is 11.3 Å². The molecule has 0 spiro atoms. The smallest absolute Gasteiger partial charge is 0.134 e. The zero-order valence-corrected chi connectivity index (χ0v) is 17.1. The lowest BCUT2D eigenvalue weighted by Crippen LogP contribution is -2.47. The topological polar surface area (TPSA) is 48.6 Å². The van der Waals surface area contributed by atoms with E-state index >= 15 is 0 Å². The Morgan fingerprint density at radius 1 is 1.19 bits per heavy atom. The van der Waals surface area contributed by atoms with Crippen molar-refractivity contribution in [1.82, 2.24) is 10.2 Å². The number of halogens is 1. The third-order valence-electron chi connectivity index (χ3n) is 5.67. The number of aliphatic hydroxyl groups is 1. The van der Waals surface area contributed by atoms with Crippen LogP contribution >= 0.6 is 11.6 Å². The van der Waals surface area contributed by atoms with Gasteiger partial charge in [-0.2, -0.15) is 0 Å². The van der Waals surface area contributed by atoms with E-state index in [0.717, 1.165) is 67.5 Å². The van der Waals surface area contributed by atoms with Gasteiger partial charge in [-0.1, -0.05) is 31.9 Å². The van der Waals surface area contributed by atoms with E-state index in [1.807, 2.05) is 36.4 Å². The van der Waals surface area contributed by atoms with Crippen molar-refractivity contribution in [1.29, 1.82) is 0 Å². The van der Waals surface area contributed by atoms with Gasteiger partial charge in [-0.3, -0.25) is 0 Å². The van der Waals surface area contributed by atoms with Gasteiger partial charge in [0.05, 0.1) is 12.6 Å². The highest BCUT2D eigenvalue weighted by molar-refractivity contribution is 6.30. The van der Waals surface area contributed by atoms with Crippen molar-refractivity contribution in [3.05, 3.63) is 47.2 Å². The molecule has 0 radical (unpaired) electrons. The van der Waals surface area contributed by atoms with Crippen LogP contribution in [0.25, 0.3) is 11.3 Å². The second-order valence-corrected chi connectivity index (χ2v) is 8.11. The van der Waals surface area contributed by atoms with Crippen LogP contribution < -0.4 is 5.32 Å². The first-order chi connectivity index (χ1) is 13.0. The fraction of sp³-hybridized carbons (Fsp3) is 0.545. The number of hydrogen-bond donors (Lipinski definition) is 2. The Morgan fingerprint density at radius 3 is 2.56 bits per heavy atom. The molecule has 148 valence electrons. The van der Waals surface area contributed by atoms with Crippen molar-refractivity contribution < 1.29 is 9.52 Å². The van der Waals surface area contributed by atoms with Crippen LogP contribution in [0.4, 0.5) is 0 Å². The monoisotopic (exact) mass is 390 g/mol. The summed E-state index contributed by atoms with van der Waals surface area (Å²) >= 11 is 5.96. The van der Waals surface area contributed by atoms with Crippen molar-refractivity contribution >= 4 is 11.6 Å². The molecule has 1 fully saturated rings. The van der Waals surface area contributed by atoms with Crippen LogP contribution in [0, 0.1) is 5.92 Å². The van der Waals surface area contributed by atoms with Gasteiger partial charge in [-0.05, 0) is 55.2 Å². The standard InChI is InChI=1S/C22H31ClN2O2/c1-3-16(2)21(15-25-12-10-19(26)11-13-25)24-14-20-8-9-22(27-20)17-4-6-18(23)7-5-17/h4-9,16,19,21,24,26H,3,10-15H2,1-2H3. The summed E-state index contributed by atoms with van der Waals surface area (Å²) in [6.07, 6.45) is 2.79. The lowest BCUT2D eigenvalue weighted by Gasteiger charge is -2.34. The lowest BCUT2D eigenvalue weighted by molar-refractivity contribution is 0.0734. The molecule has 1 aliphatic heterocycles. The molecule has 1 aromatic heterocycles. The Bertz CT molecular complexity index is 693. The summed E-state index contributed by atoms with van der Waals surface area (Å²) in [5, 5.41) is 14.1. The lowest BCUT2D eigenvalue weighted by atomic mass is 9.97. The molecule has 2 aromatic rings. The minimum atomic E-state index is -0.120. The van der Waals surface area contributed by atoms with Crippen molar-refractivity contribution in [2.24, 2.45) is 5.92 Å². The number of furan rings is 1. The Hall–Kier alpha value is -1.33. The molecule has 27 heavy (non-hydrogen) atoms. The van der Waals surface area contributed by atoms with E-state index in [0.29, 0.717) is 12.0 Å². The Balaban J connectivity index is 1.57. The zero-order valence-electron chi connectivity index (χ0n) is 16.3. The molecule has 0 aliphatic carbocycles. The number of likely N-dealkylation sites (tertiary alicyclic amines) is 1. The van der Waals surface area contributed by atoms with Crippen LogP contribution in [0.3, 0.4) is 0 Å². The van der Waals surface area contributed by atoms with Gasteiger partial charge >= 0.3 is 0 Å². The van der Waals surface area contributed by atoms with E-state index in [4.69, 9.17) is 16.0 Å². The zero-order chi connectivity index (χ0) is 19.2. The first kappa shape index (κ1) is 20.4. The predicted octanol–water partition coefficient (Wildman–Crippen LogP) is 4.56. The maximum absolute atomic E-state index is 9.72. The quantitative estimate of drug-likeness (QED) is 0.693. The molecular formula is C22H31ClN2O2. The van der Waals surface area contributed by atoms with Gasteiger partial charge < -0.3 is 19.7 Å². The highest BCUT2D eigenvalue weighted by Gasteiger charge is 2.23. The van der Waals surface area contributed by atoms with Gasteiger partial charge in [0.1, 0.15) is 11.5 Å². The number of piperidine rings is 1. The largest absolute Gasteiger partial charge is 0.460 e. The summed E-state index contributed by atoms with van der Waals surface area (Å²) in [4.78, 5) is 2.47. The first-order valence-electron chi connectivity index (χ1n) is 10.0. The average Bonchev–Trinajstić information content (AvgIpc) is 3.15. The van der Waals surface area contributed by atoms with E-state index in [1.165, 1.54) is 0 Å². The van der Waals surface area contributed by atoms with Gasteiger partial charge in [0.15, 0.2) is 0 Å². The van der Waals surface area contributed by atoms with E-state index in [1.54, 1.807) is 0 Å². The maximum atomic E-state index is 9.72. The molecule has 3 rings (SSSR count). The summed E-state index contributed by atoms with van der Waals surface area (Å²) in [6.45, 7) is 8.25. The normalized spacial score (nSPS) is 18.5. The third-order valence-corrected chi connectivity index (χ3v) is 5.92. The molecule has 1 saturated heterocycles. The minimum Gasteiger partial charge on any atom is -0.460 e. The molecule has 1 aromatic carbocycles. The van der Waals surface area contributed by atoms with E-state index in [-0.39, 0.29) is 6.10 Å². The van der Waals surface area contributed by atoms with Crippen LogP contribution in [-0.4, -0.2) is 41.8 Å². The Kier molecular flexibility index (Phi) is 7.36. The first-order valence-corrected chi connectivity index (χ1v) is 10.4. The number of nitrogens with one attached hydrogen (secondary N) is 1. The van der Waals surface area contributed by atoms with Crippen LogP contribution in [0.1, 0.15) is 38.9 Å². The highest BCUT2D eigenvalue weighted by atomic mass is 35.5. The minimum absolute atomic E-state index is 0.120. The van der Waals surface area contributed by atoms with Gasteiger partial charge in [0, 0.05) is 36.3 Å². The molecule has 2 unspecified atom stereocenters. The SMILES string of the molecule is CCC(C)C(CN1CCC(O)CC1)NCc1ccc(-c2ccc(Cl)cc2)o1. The second-order valence-electron chi connectivity index (χ2n) is 7.68. The van der Waals surface area contributed by atoms with Gasteiger partial charge in [-0.25, -0.2) is 0 Å². The molecule has 2 heterocycles. The van der Waals surface area contributed by atoms with Crippen molar-refractivity contribution in [2.75, 3.05) is 19.6 Å². The highest BCUT2D eigenvalue weighted by Crippen LogP contribution is 2.24. The fourth-order valence-electron chi connectivity index (χ4n) is 3.58. The van der Waals surface area contributed by atoms with Gasteiger partial charge in [-0.15, -0.1) is 0 Å². The molecule has 0 amide bonds. The molecular weight excluding hydrogens is 360 g/mol. The summed E-state index contributed by atoms with van der Waals surface area (Å²) in [7, 11) is 0. The number of benzene rings is 1. The van der Waals surface area contributed by atoms with Gasteiger partial charge in [0.2, 0.25) is 0 Å². The van der Waals surface area contributed by atoms with E-state index in [9.17, 15) is 5.11 Å². The van der Waals surface area contributed by atoms with Crippen molar-refractivity contribution in [2.45, 2.75) is 51.8 Å². The van der Waals surface area contributed by atoms with E-state index in [2.05, 4.69) is 24.1 Å². The molecule has 2 N–H and O–H groups in total. The summed E-state index contributed by atoms with van der Waals surface area (Å²) in [5.41, 5.74) is 1.04. The van der Waals surface area contributed by atoms with Crippen LogP contribution in [-0.2, 0) is 6.54 Å². The van der Waals surface area contributed by atoms with Crippen molar-refractivity contribution in [3.63, 3.8) is 0 Å².